The van der Waals surface area contributed by atoms with Crippen LogP contribution in [0.4, 0.5) is 5.82 Å². The predicted molar refractivity (Wildman–Crippen MR) is 143 cm³/mol. The van der Waals surface area contributed by atoms with Gasteiger partial charge >= 0.3 is 0 Å². The number of piperidine rings is 1. The van der Waals surface area contributed by atoms with E-state index in [1.54, 1.807) is 0 Å². The predicted octanol–water partition coefficient (Wildman–Crippen LogP) is 3.35. The van der Waals surface area contributed by atoms with Crippen LogP contribution in [-0.4, -0.2) is 44.8 Å². The molecule has 0 atom stereocenters. The maximum atomic E-state index is 4.84. The highest BCUT2D eigenvalue weighted by Gasteiger charge is 2.21. The van der Waals surface area contributed by atoms with Gasteiger partial charge in [0.05, 0.1) is 13.1 Å². The fourth-order valence-corrected chi connectivity index (χ4v) is 3.83. The standard InChI is InChI=1S/C24H32N8.HI/c1-18-8-7-11-22(27-18)32-14-12-21(13-15-32)28-24(25-16-20-9-5-4-6-10-20)26-17-23-30-29-19(2)31(23)3;/h4-11,21H,12-17H2,1-3H3,(H2,25,26,28);1H. The highest BCUT2D eigenvalue weighted by Crippen LogP contribution is 2.18. The molecule has 2 aromatic heterocycles. The van der Waals surface area contributed by atoms with Crippen molar-refractivity contribution in [3.05, 3.63) is 71.4 Å². The molecule has 0 spiro atoms. The maximum Gasteiger partial charge on any atom is 0.192 e. The first-order valence-electron chi connectivity index (χ1n) is 11.2. The number of aryl methyl sites for hydroxylation is 2. The molecular weight excluding hydrogens is 527 g/mol. The molecule has 1 fully saturated rings. The number of guanidine groups is 1. The van der Waals surface area contributed by atoms with Crippen LogP contribution >= 0.6 is 24.0 Å². The lowest BCUT2D eigenvalue weighted by atomic mass is 10.1. The molecule has 1 aliphatic heterocycles. The van der Waals surface area contributed by atoms with Crippen molar-refractivity contribution < 1.29 is 0 Å². The van der Waals surface area contributed by atoms with Crippen LogP contribution in [-0.2, 0) is 20.1 Å². The second-order valence-corrected chi connectivity index (χ2v) is 8.27. The van der Waals surface area contributed by atoms with Gasteiger partial charge in [0.1, 0.15) is 11.6 Å². The Kier molecular flexibility index (Phi) is 9.04. The lowest BCUT2D eigenvalue weighted by Gasteiger charge is -2.34. The molecule has 1 saturated heterocycles. The Hall–Kier alpha value is -2.69. The minimum absolute atomic E-state index is 0. The van der Waals surface area contributed by atoms with E-state index in [4.69, 9.17) is 4.99 Å². The molecule has 3 aromatic rings. The van der Waals surface area contributed by atoms with E-state index in [1.807, 2.05) is 49.7 Å². The molecule has 3 heterocycles. The Morgan fingerprint density at radius 1 is 1.03 bits per heavy atom. The van der Waals surface area contributed by atoms with E-state index in [1.165, 1.54) is 5.56 Å². The summed E-state index contributed by atoms with van der Waals surface area (Å²) in [6.07, 6.45) is 2.06. The van der Waals surface area contributed by atoms with Crippen LogP contribution in [0, 0.1) is 13.8 Å². The molecule has 2 N–H and O–H groups in total. The summed E-state index contributed by atoms with van der Waals surface area (Å²) in [4.78, 5) is 11.9. The van der Waals surface area contributed by atoms with Crippen LogP contribution in [0.25, 0.3) is 0 Å². The third-order valence-corrected chi connectivity index (χ3v) is 5.89. The first-order chi connectivity index (χ1) is 15.6. The molecule has 9 heteroatoms. The number of aliphatic imine (C=N–C) groups is 1. The van der Waals surface area contributed by atoms with Crippen LogP contribution in [0.15, 0.2) is 53.5 Å². The molecule has 0 radical (unpaired) electrons. The van der Waals surface area contributed by atoms with Crippen LogP contribution < -0.4 is 15.5 Å². The average Bonchev–Trinajstić information content (AvgIpc) is 3.14. The van der Waals surface area contributed by atoms with Gasteiger partial charge in [0.2, 0.25) is 0 Å². The molecular formula is C24H33IN8. The topological polar surface area (TPSA) is 83.3 Å². The van der Waals surface area contributed by atoms with Gasteiger partial charge in [0.25, 0.3) is 0 Å². The van der Waals surface area contributed by atoms with Crippen LogP contribution in [0.5, 0.6) is 0 Å². The molecule has 0 amide bonds. The fourth-order valence-electron chi connectivity index (χ4n) is 3.83. The summed E-state index contributed by atoms with van der Waals surface area (Å²) in [6.45, 7) is 7.14. The van der Waals surface area contributed by atoms with Crippen molar-refractivity contribution in [1.29, 1.82) is 0 Å². The van der Waals surface area contributed by atoms with Crippen molar-refractivity contribution in [3.63, 3.8) is 0 Å². The highest BCUT2D eigenvalue weighted by atomic mass is 127. The van der Waals surface area contributed by atoms with Crippen molar-refractivity contribution in [2.45, 2.75) is 45.8 Å². The van der Waals surface area contributed by atoms with E-state index in [0.717, 1.165) is 55.1 Å². The van der Waals surface area contributed by atoms with Gasteiger partial charge in [0, 0.05) is 31.9 Å². The average molecular weight is 560 g/mol. The number of hydrogen-bond donors (Lipinski definition) is 2. The fraction of sp³-hybridized carbons (Fsp3) is 0.417. The van der Waals surface area contributed by atoms with Gasteiger partial charge in [-0.15, -0.1) is 34.2 Å². The van der Waals surface area contributed by atoms with Crippen molar-refractivity contribution in [3.8, 4) is 0 Å². The van der Waals surface area contributed by atoms with Crippen molar-refractivity contribution in [2.75, 3.05) is 18.0 Å². The van der Waals surface area contributed by atoms with E-state index in [9.17, 15) is 0 Å². The van der Waals surface area contributed by atoms with E-state index in [-0.39, 0.29) is 24.0 Å². The zero-order valence-electron chi connectivity index (χ0n) is 19.5. The lowest BCUT2D eigenvalue weighted by Crippen LogP contribution is -2.49. The molecule has 8 nitrogen and oxygen atoms in total. The zero-order valence-corrected chi connectivity index (χ0v) is 21.9. The largest absolute Gasteiger partial charge is 0.356 e. The third kappa shape index (κ3) is 6.89. The molecule has 0 bridgehead atoms. The van der Waals surface area contributed by atoms with E-state index >= 15 is 0 Å². The number of anilines is 1. The van der Waals surface area contributed by atoms with Crippen LogP contribution in [0.3, 0.4) is 0 Å². The number of aromatic nitrogens is 4. The van der Waals surface area contributed by atoms with Crippen LogP contribution in [0.1, 0.15) is 35.7 Å². The summed E-state index contributed by atoms with van der Waals surface area (Å²) < 4.78 is 2.00. The normalized spacial score (nSPS) is 14.6. The van der Waals surface area contributed by atoms with Gasteiger partial charge in [-0.05, 0) is 44.4 Å². The summed E-state index contributed by atoms with van der Waals surface area (Å²) in [5, 5.41) is 15.5. The Morgan fingerprint density at radius 3 is 2.45 bits per heavy atom. The Bertz CT molecular complexity index is 1040. The first kappa shape index (κ1) is 24.9. The Morgan fingerprint density at radius 2 is 1.79 bits per heavy atom. The number of hydrogen-bond acceptors (Lipinski definition) is 5. The van der Waals surface area contributed by atoms with Gasteiger partial charge in [-0.1, -0.05) is 36.4 Å². The zero-order chi connectivity index (χ0) is 22.3. The summed E-state index contributed by atoms with van der Waals surface area (Å²) in [6, 6.07) is 16.9. The summed E-state index contributed by atoms with van der Waals surface area (Å²) >= 11 is 0. The number of halogens is 1. The first-order valence-corrected chi connectivity index (χ1v) is 11.2. The number of rotatable bonds is 6. The second kappa shape index (κ2) is 12.0. The SMILES string of the molecule is Cc1cccc(N2CCC(NC(=NCc3ccccc3)NCc3nnc(C)n3C)CC2)n1.I. The third-order valence-electron chi connectivity index (χ3n) is 5.89. The lowest BCUT2D eigenvalue weighted by molar-refractivity contribution is 0.458. The Balaban J connectivity index is 0.00000306. The molecule has 0 unspecified atom stereocenters. The summed E-state index contributed by atoms with van der Waals surface area (Å²) in [5.41, 5.74) is 2.24. The summed E-state index contributed by atoms with van der Waals surface area (Å²) in [7, 11) is 1.98. The monoisotopic (exact) mass is 560 g/mol. The van der Waals surface area contributed by atoms with Gasteiger partial charge in [-0.2, -0.15) is 0 Å². The molecule has 4 rings (SSSR count). The number of nitrogens with one attached hydrogen (secondary N) is 2. The molecule has 0 saturated carbocycles. The minimum atomic E-state index is 0. The number of benzene rings is 1. The van der Waals surface area contributed by atoms with Gasteiger partial charge in [-0.3, -0.25) is 0 Å². The molecule has 176 valence electrons. The van der Waals surface area contributed by atoms with Gasteiger partial charge < -0.3 is 20.1 Å². The number of pyridine rings is 1. The second-order valence-electron chi connectivity index (χ2n) is 8.27. The van der Waals surface area contributed by atoms with Crippen molar-refractivity contribution in [2.24, 2.45) is 12.0 Å². The quantitative estimate of drug-likeness (QED) is 0.274. The smallest absolute Gasteiger partial charge is 0.192 e. The minimum Gasteiger partial charge on any atom is -0.356 e. The van der Waals surface area contributed by atoms with Crippen LogP contribution in [0.2, 0.25) is 0 Å². The molecule has 0 aliphatic carbocycles. The van der Waals surface area contributed by atoms with E-state index < -0.39 is 0 Å². The van der Waals surface area contributed by atoms with Crippen molar-refractivity contribution in [1.82, 2.24) is 30.4 Å². The van der Waals surface area contributed by atoms with Gasteiger partial charge in [-0.25, -0.2) is 9.98 Å². The van der Waals surface area contributed by atoms with E-state index in [2.05, 4.69) is 55.0 Å². The molecule has 1 aliphatic rings. The van der Waals surface area contributed by atoms with Crippen molar-refractivity contribution >= 4 is 35.8 Å². The molecule has 33 heavy (non-hydrogen) atoms. The highest BCUT2D eigenvalue weighted by molar-refractivity contribution is 14.0. The maximum absolute atomic E-state index is 4.84. The van der Waals surface area contributed by atoms with E-state index in [0.29, 0.717) is 19.1 Å². The van der Waals surface area contributed by atoms with Gasteiger partial charge in [0.15, 0.2) is 11.8 Å². The number of nitrogens with zero attached hydrogens (tertiary/aromatic N) is 6. The summed E-state index contributed by atoms with van der Waals surface area (Å²) in [5.74, 6) is 3.66. The Labute approximate surface area is 212 Å². The molecule has 1 aromatic carbocycles.